The molecule has 3 aromatic carbocycles. The van der Waals surface area contributed by atoms with Crippen LogP contribution in [0.5, 0.6) is 0 Å². The molecule has 0 radical (unpaired) electrons. The monoisotopic (exact) mass is 495 g/mol. The molecule has 0 bridgehead atoms. The average Bonchev–Trinajstić information content (AvgIpc) is 3.26. The van der Waals surface area contributed by atoms with Gasteiger partial charge in [-0.15, -0.1) is 0 Å². The number of benzene rings is 3. The molecule has 0 unspecified atom stereocenters. The predicted molar refractivity (Wildman–Crippen MR) is 147 cm³/mol. The number of rotatable bonds is 5. The van der Waals surface area contributed by atoms with E-state index in [2.05, 4.69) is 74.7 Å². The fraction of sp³-hybridized carbons (Fsp3) is 0.276. The number of imidazole rings is 1. The molecule has 1 saturated heterocycles. The normalized spacial score (nSPS) is 16.0. The van der Waals surface area contributed by atoms with Crippen molar-refractivity contribution in [1.82, 2.24) is 24.8 Å². The van der Waals surface area contributed by atoms with Gasteiger partial charge in [0.15, 0.2) is 5.82 Å². The Morgan fingerprint density at radius 2 is 1.95 bits per heavy atom. The van der Waals surface area contributed by atoms with Gasteiger partial charge in [-0.25, -0.2) is 19.3 Å². The summed E-state index contributed by atoms with van der Waals surface area (Å²) < 4.78 is 17.9. The second kappa shape index (κ2) is 9.44. The van der Waals surface area contributed by atoms with Crippen molar-refractivity contribution < 1.29 is 4.39 Å². The van der Waals surface area contributed by atoms with Gasteiger partial charge >= 0.3 is 0 Å². The molecule has 188 valence electrons. The van der Waals surface area contributed by atoms with Gasteiger partial charge < -0.3 is 20.1 Å². The van der Waals surface area contributed by atoms with E-state index in [-0.39, 0.29) is 5.82 Å². The molecule has 0 aliphatic carbocycles. The van der Waals surface area contributed by atoms with Crippen LogP contribution in [-0.4, -0.2) is 45.2 Å². The van der Waals surface area contributed by atoms with Crippen molar-refractivity contribution in [2.75, 3.05) is 29.9 Å². The quantitative estimate of drug-likeness (QED) is 0.354. The van der Waals surface area contributed by atoms with E-state index in [4.69, 9.17) is 0 Å². The predicted octanol–water partition coefficient (Wildman–Crippen LogP) is 5.10. The minimum absolute atomic E-state index is 0.284. The Morgan fingerprint density at radius 1 is 1.05 bits per heavy atom. The number of fused-ring (bicyclic) bond motifs is 2. The number of hydrogen-bond donors (Lipinski definition) is 2. The van der Waals surface area contributed by atoms with Gasteiger partial charge in [0.1, 0.15) is 12.1 Å². The second-order valence-electron chi connectivity index (χ2n) is 9.94. The van der Waals surface area contributed by atoms with E-state index < -0.39 is 0 Å². The maximum absolute atomic E-state index is 15.9. The molecule has 8 heteroatoms. The first-order valence-electron chi connectivity index (χ1n) is 12.6. The molecular formula is C29H30FN7. The lowest BCUT2D eigenvalue weighted by atomic mass is 9.99. The Hall–Kier alpha value is -4.04. The summed E-state index contributed by atoms with van der Waals surface area (Å²) in [5.41, 5.74) is 7.77. The van der Waals surface area contributed by atoms with Crippen molar-refractivity contribution in [3.63, 3.8) is 0 Å². The minimum atomic E-state index is -0.284. The van der Waals surface area contributed by atoms with E-state index in [1.54, 1.807) is 0 Å². The Labute approximate surface area is 215 Å². The summed E-state index contributed by atoms with van der Waals surface area (Å²) in [6.07, 6.45) is 4.13. The summed E-state index contributed by atoms with van der Waals surface area (Å²) in [5, 5.41) is 7.18. The highest BCUT2D eigenvalue weighted by atomic mass is 19.1. The van der Waals surface area contributed by atoms with E-state index in [9.17, 15) is 0 Å². The van der Waals surface area contributed by atoms with Crippen molar-refractivity contribution in [2.24, 2.45) is 7.05 Å². The van der Waals surface area contributed by atoms with Gasteiger partial charge in [0, 0.05) is 38.4 Å². The van der Waals surface area contributed by atoms with Crippen molar-refractivity contribution in [2.45, 2.75) is 26.3 Å². The Kier molecular flexibility index (Phi) is 5.96. The molecule has 1 atom stereocenters. The number of aromatic nitrogens is 4. The van der Waals surface area contributed by atoms with E-state index in [0.29, 0.717) is 28.5 Å². The van der Waals surface area contributed by atoms with E-state index in [1.807, 2.05) is 36.1 Å². The molecule has 1 fully saturated rings. The fourth-order valence-corrected chi connectivity index (χ4v) is 5.21. The third kappa shape index (κ3) is 4.49. The molecule has 3 heterocycles. The van der Waals surface area contributed by atoms with Crippen LogP contribution in [0.15, 0.2) is 61.2 Å². The molecule has 2 N–H and O–H groups in total. The third-order valence-corrected chi connectivity index (χ3v) is 7.22. The first kappa shape index (κ1) is 23.4. The highest BCUT2D eigenvalue weighted by molar-refractivity contribution is 5.94. The molecule has 0 amide bonds. The maximum Gasteiger partial charge on any atom is 0.159 e. The second-order valence-corrected chi connectivity index (χ2v) is 9.94. The number of halogens is 1. The summed E-state index contributed by atoms with van der Waals surface area (Å²) in [6.45, 7) is 6.56. The third-order valence-electron chi connectivity index (χ3n) is 7.22. The van der Waals surface area contributed by atoms with Gasteiger partial charge in [0.2, 0.25) is 0 Å². The van der Waals surface area contributed by atoms with Crippen LogP contribution in [0.3, 0.4) is 0 Å². The molecule has 1 aliphatic heterocycles. The Morgan fingerprint density at radius 3 is 2.78 bits per heavy atom. The molecule has 2 aromatic heterocycles. The summed E-state index contributed by atoms with van der Waals surface area (Å²) in [7, 11) is 2.00. The maximum atomic E-state index is 15.9. The van der Waals surface area contributed by atoms with Crippen LogP contribution in [0.1, 0.15) is 23.6 Å². The molecule has 7 nitrogen and oxygen atoms in total. The molecule has 37 heavy (non-hydrogen) atoms. The highest BCUT2D eigenvalue weighted by Crippen LogP contribution is 2.32. The molecule has 0 saturated carbocycles. The lowest BCUT2D eigenvalue weighted by Crippen LogP contribution is -2.49. The Balaban J connectivity index is 1.28. The van der Waals surface area contributed by atoms with Crippen LogP contribution in [0, 0.1) is 12.7 Å². The van der Waals surface area contributed by atoms with Gasteiger partial charge in [0.05, 0.1) is 34.0 Å². The summed E-state index contributed by atoms with van der Waals surface area (Å²) in [5.74, 6) is 0.188. The number of hydrogen-bond acceptors (Lipinski definition) is 6. The van der Waals surface area contributed by atoms with Gasteiger partial charge in [-0.05, 0) is 73.4 Å². The largest absolute Gasteiger partial charge is 0.366 e. The van der Waals surface area contributed by atoms with Crippen LogP contribution in [0.2, 0.25) is 0 Å². The van der Waals surface area contributed by atoms with E-state index in [0.717, 1.165) is 48.3 Å². The number of nitrogens with one attached hydrogen (secondary N) is 2. The van der Waals surface area contributed by atoms with Crippen LogP contribution in [-0.2, 0) is 13.5 Å². The first-order chi connectivity index (χ1) is 18.0. The van der Waals surface area contributed by atoms with Crippen LogP contribution >= 0.6 is 0 Å². The number of nitrogens with zero attached hydrogens (tertiary/aromatic N) is 5. The SMILES string of the molecule is Cc1cc(Nc2ncnc3ccc(N4CCN[C@H](C)C4)c(F)c23)ccc1Cc1ccc2c(c1)ncn2C. The van der Waals surface area contributed by atoms with Crippen molar-refractivity contribution in [3.05, 3.63) is 83.7 Å². The van der Waals surface area contributed by atoms with Crippen molar-refractivity contribution in [1.29, 1.82) is 0 Å². The van der Waals surface area contributed by atoms with Crippen molar-refractivity contribution >= 4 is 39.1 Å². The standard InChI is InChI=1S/C29H30FN7/c1-18-12-22(6-5-21(18)13-20-4-8-25-24(14-20)34-17-36(25)3)35-29-27-23(32-16-33-29)7-9-26(28(27)30)37-11-10-31-19(2)15-37/h4-9,12,14,16-17,19,31H,10-11,13,15H2,1-3H3,(H,32,33,35)/t19-/m1/s1. The number of anilines is 3. The highest BCUT2D eigenvalue weighted by Gasteiger charge is 2.22. The summed E-state index contributed by atoms with van der Waals surface area (Å²) in [6, 6.07) is 16.7. The lowest BCUT2D eigenvalue weighted by Gasteiger charge is -2.34. The summed E-state index contributed by atoms with van der Waals surface area (Å²) in [4.78, 5) is 15.3. The summed E-state index contributed by atoms with van der Waals surface area (Å²) >= 11 is 0. The van der Waals surface area contributed by atoms with Crippen LogP contribution in [0.25, 0.3) is 21.9 Å². The zero-order valence-electron chi connectivity index (χ0n) is 21.3. The van der Waals surface area contributed by atoms with Gasteiger partial charge in [-0.1, -0.05) is 12.1 Å². The molecule has 0 spiro atoms. The van der Waals surface area contributed by atoms with E-state index in [1.165, 1.54) is 17.5 Å². The van der Waals surface area contributed by atoms with Gasteiger partial charge in [-0.3, -0.25) is 0 Å². The minimum Gasteiger partial charge on any atom is -0.366 e. The smallest absolute Gasteiger partial charge is 0.159 e. The van der Waals surface area contributed by atoms with Crippen molar-refractivity contribution in [3.8, 4) is 0 Å². The van der Waals surface area contributed by atoms with E-state index >= 15 is 4.39 Å². The Bertz CT molecular complexity index is 1610. The number of aryl methyl sites for hydroxylation is 2. The topological polar surface area (TPSA) is 70.9 Å². The van der Waals surface area contributed by atoms with Crippen LogP contribution < -0.4 is 15.5 Å². The molecular weight excluding hydrogens is 465 g/mol. The molecule has 1 aliphatic rings. The average molecular weight is 496 g/mol. The van der Waals surface area contributed by atoms with Gasteiger partial charge in [0.25, 0.3) is 0 Å². The zero-order valence-corrected chi connectivity index (χ0v) is 21.3. The lowest BCUT2D eigenvalue weighted by molar-refractivity contribution is 0.479. The van der Waals surface area contributed by atoms with Gasteiger partial charge in [-0.2, -0.15) is 0 Å². The molecule has 6 rings (SSSR count). The zero-order chi connectivity index (χ0) is 25.5. The fourth-order valence-electron chi connectivity index (χ4n) is 5.21. The molecule has 5 aromatic rings. The first-order valence-corrected chi connectivity index (χ1v) is 12.6. The number of piperazine rings is 1. The van der Waals surface area contributed by atoms with Crippen LogP contribution in [0.4, 0.5) is 21.6 Å².